The van der Waals surface area contributed by atoms with Crippen molar-refractivity contribution < 1.29 is 17.6 Å². The quantitative estimate of drug-likeness (QED) is 0.503. The van der Waals surface area contributed by atoms with Crippen molar-refractivity contribution in [3.63, 3.8) is 0 Å². The molecule has 0 aliphatic heterocycles. The average molecular weight is 469 g/mol. The fourth-order valence-corrected chi connectivity index (χ4v) is 4.45. The highest BCUT2D eigenvalue weighted by molar-refractivity contribution is 7.90. The predicted octanol–water partition coefficient (Wildman–Crippen LogP) is 4.46. The number of sulfone groups is 1. The lowest BCUT2D eigenvalue weighted by atomic mass is 10.0. The van der Waals surface area contributed by atoms with E-state index < -0.39 is 15.9 Å². The summed E-state index contributed by atoms with van der Waals surface area (Å²) in [6, 6.07) is 20.7. The van der Waals surface area contributed by atoms with Gasteiger partial charge in [-0.2, -0.15) is 0 Å². The lowest BCUT2D eigenvalue weighted by molar-refractivity contribution is -0.122. The van der Waals surface area contributed by atoms with Gasteiger partial charge in [0.1, 0.15) is 11.9 Å². The first-order chi connectivity index (χ1) is 15.7. The zero-order valence-corrected chi connectivity index (χ0v) is 19.9. The van der Waals surface area contributed by atoms with Crippen molar-refractivity contribution >= 4 is 21.4 Å². The fraction of sp³-hybridized carbons (Fsp3) is 0.269. The van der Waals surface area contributed by atoms with Crippen LogP contribution in [0.15, 0.2) is 77.7 Å². The van der Waals surface area contributed by atoms with Crippen LogP contribution in [-0.2, 0) is 21.1 Å². The molecule has 7 heteroatoms. The van der Waals surface area contributed by atoms with E-state index >= 15 is 0 Å². The minimum atomic E-state index is -3.23. The number of carbonyl (C=O) groups is 1. The lowest BCUT2D eigenvalue weighted by Crippen LogP contribution is -2.40. The summed E-state index contributed by atoms with van der Waals surface area (Å²) in [6.07, 6.45) is 2.61. The van der Waals surface area contributed by atoms with Crippen molar-refractivity contribution in [1.29, 1.82) is 0 Å². The Balaban J connectivity index is 1.88. The molecule has 1 N–H and O–H groups in total. The molecule has 0 aliphatic carbocycles. The molecule has 1 amide bonds. The zero-order valence-electron chi connectivity index (χ0n) is 19.1. The van der Waals surface area contributed by atoms with Crippen molar-refractivity contribution in [3.8, 4) is 0 Å². The van der Waals surface area contributed by atoms with Gasteiger partial charge in [-0.15, -0.1) is 0 Å². The van der Waals surface area contributed by atoms with Crippen LogP contribution in [0, 0.1) is 12.7 Å². The second kappa shape index (κ2) is 10.6. The van der Waals surface area contributed by atoms with Gasteiger partial charge in [-0.3, -0.25) is 4.79 Å². The molecule has 0 heterocycles. The summed E-state index contributed by atoms with van der Waals surface area (Å²) in [4.78, 5) is 15.2. The van der Waals surface area contributed by atoms with Crippen LogP contribution in [0.3, 0.4) is 0 Å². The molecule has 0 aliphatic rings. The Kier molecular flexibility index (Phi) is 7.87. The van der Waals surface area contributed by atoms with Crippen LogP contribution in [0.5, 0.6) is 0 Å². The van der Waals surface area contributed by atoms with Crippen LogP contribution >= 0.6 is 0 Å². The molecule has 3 rings (SSSR count). The van der Waals surface area contributed by atoms with Crippen molar-refractivity contribution in [2.75, 3.05) is 24.7 Å². The van der Waals surface area contributed by atoms with E-state index in [9.17, 15) is 17.6 Å². The standard InChI is InChI=1S/C26H29FN2O3S/c1-19-18-22(13-16-24(19)27)29(25(26(30)28-2)21-9-5-4-6-10-21)17-7-8-20-11-14-23(15-12-20)33(3,31)32/h4-6,9-16,18,25H,7-8,17H2,1-3H3,(H,28,30)/t25-/m0/s1. The first kappa shape index (κ1) is 24.5. The number of nitrogens with one attached hydrogen (secondary N) is 1. The van der Waals surface area contributed by atoms with Gasteiger partial charge in [0, 0.05) is 25.5 Å². The molecule has 174 valence electrons. The van der Waals surface area contributed by atoms with E-state index in [-0.39, 0.29) is 11.7 Å². The van der Waals surface area contributed by atoms with Crippen molar-refractivity contribution in [1.82, 2.24) is 5.32 Å². The number of benzene rings is 3. The highest BCUT2D eigenvalue weighted by Crippen LogP contribution is 2.29. The summed E-state index contributed by atoms with van der Waals surface area (Å²) < 4.78 is 37.3. The highest BCUT2D eigenvalue weighted by atomic mass is 32.2. The molecule has 0 aromatic heterocycles. The summed E-state index contributed by atoms with van der Waals surface area (Å²) in [5.41, 5.74) is 3.13. The SMILES string of the molecule is CNC(=O)[C@H](c1ccccc1)N(CCCc1ccc(S(C)(=O)=O)cc1)c1ccc(F)c(C)c1. The molecule has 0 fully saturated rings. The van der Waals surface area contributed by atoms with E-state index in [2.05, 4.69) is 5.32 Å². The van der Waals surface area contributed by atoms with Crippen LogP contribution in [0.4, 0.5) is 10.1 Å². The average Bonchev–Trinajstić information content (AvgIpc) is 2.80. The van der Waals surface area contributed by atoms with Crippen molar-refractivity contribution in [2.24, 2.45) is 0 Å². The van der Waals surface area contributed by atoms with E-state index in [1.165, 1.54) is 12.3 Å². The van der Waals surface area contributed by atoms with E-state index in [4.69, 9.17) is 0 Å². The van der Waals surface area contributed by atoms with Gasteiger partial charge in [-0.05, 0) is 66.8 Å². The number of aryl methyl sites for hydroxylation is 2. The molecule has 5 nitrogen and oxygen atoms in total. The van der Waals surface area contributed by atoms with E-state index in [1.54, 1.807) is 38.2 Å². The maximum Gasteiger partial charge on any atom is 0.247 e. The van der Waals surface area contributed by atoms with Crippen LogP contribution in [-0.4, -0.2) is 34.2 Å². The van der Waals surface area contributed by atoms with Gasteiger partial charge in [0.2, 0.25) is 5.91 Å². The number of anilines is 1. The number of halogens is 1. The first-order valence-electron chi connectivity index (χ1n) is 10.8. The van der Waals surface area contributed by atoms with Gasteiger partial charge < -0.3 is 10.2 Å². The molecular weight excluding hydrogens is 439 g/mol. The Bertz CT molecular complexity index is 1200. The number of likely N-dealkylation sites (N-methyl/N-ethyl adjacent to an activating group) is 1. The van der Waals surface area contributed by atoms with Crippen LogP contribution < -0.4 is 10.2 Å². The maximum absolute atomic E-state index is 14.0. The fourth-order valence-electron chi connectivity index (χ4n) is 3.82. The molecule has 3 aromatic rings. The second-order valence-corrected chi connectivity index (χ2v) is 10.1. The Morgan fingerprint density at radius 2 is 1.70 bits per heavy atom. The Morgan fingerprint density at radius 1 is 1.03 bits per heavy atom. The molecule has 0 saturated carbocycles. The summed E-state index contributed by atoms with van der Waals surface area (Å²) in [5.74, 6) is -0.443. The number of hydrogen-bond donors (Lipinski definition) is 1. The third-order valence-electron chi connectivity index (χ3n) is 5.61. The Labute approximate surface area is 195 Å². The van der Waals surface area contributed by atoms with Gasteiger partial charge in [-0.1, -0.05) is 42.5 Å². The summed E-state index contributed by atoms with van der Waals surface area (Å²) in [7, 11) is -1.63. The molecule has 0 saturated heterocycles. The molecule has 3 aromatic carbocycles. The van der Waals surface area contributed by atoms with Gasteiger partial charge in [0.05, 0.1) is 4.90 Å². The number of carbonyl (C=O) groups excluding carboxylic acids is 1. The third kappa shape index (κ3) is 6.20. The Hall–Kier alpha value is -3.19. The number of amides is 1. The van der Waals surface area contributed by atoms with Crippen molar-refractivity contribution in [3.05, 3.63) is 95.3 Å². The van der Waals surface area contributed by atoms with Crippen LogP contribution in [0.1, 0.15) is 29.2 Å². The molecule has 0 bridgehead atoms. The second-order valence-electron chi connectivity index (χ2n) is 8.07. The summed E-state index contributed by atoms with van der Waals surface area (Å²) >= 11 is 0. The molecule has 1 atom stereocenters. The largest absolute Gasteiger partial charge is 0.357 e. The van der Waals surface area contributed by atoms with Crippen molar-refractivity contribution in [2.45, 2.75) is 30.7 Å². The minimum absolute atomic E-state index is 0.152. The molecule has 0 spiro atoms. The highest BCUT2D eigenvalue weighted by Gasteiger charge is 2.27. The predicted molar refractivity (Wildman–Crippen MR) is 130 cm³/mol. The molecule has 0 unspecified atom stereocenters. The summed E-state index contributed by atoms with van der Waals surface area (Å²) in [6.45, 7) is 2.25. The molecule has 0 radical (unpaired) electrons. The van der Waals surface area contributed by atoms with E-state index in [0.29, 0.717) is 23.4 Å². The molecular formula is C26H29FN2O3S. The van der Waals surface area contributed by atoms with Crippen LogP contribution in [0.2, 0.25) is 0 Å². The normalized spacial score (nSPS) is 12.2. The smallest absolute Gasteiger partial charge is 0.247 e. The zero-order chi connectivity index (χ0) is 24.0. The molecule has 33 heavy (non-hydrogen) atoms. The van der Waals surface area contributed by atoms with E-state index in [0.717, 1.165) is 23.2 Å². The Morgan fingerprint density at radius 3 is 2.27 bits per heavy atom. The lowest BCUT2D eigenvalue weighted by Gasteiger charge is -2.33. The van der Waals surface area contributed by atoms with Gasteiger partial charge in [-0.25, -0.2) is 12.8 Å². The number of nitrogens with zero attached hydrogens (tertiary/aromatic N) is 1. The topological polar surface area (TPSA) is 66.5 Å². The maximum atomic E-state index is 14.0. The van der Waals surface area contributed by atoms with Gasteiger partial charge >= 0.3 is 0 Å². The van der Waals surface area contributed by atoms with Gasteiger partial charge in [0.15, 0.2) is 9.84 Å². The first-order valence-corrected chi connectivity index (χ1v) is 12.7. The summed E-state index contributed by atoms with van der Waals surface area (Å²) in [5, 5.41) is 2.76. The monoisotopic (exact) mass is 468 g/mol. The van der Waals surface area contributed by atoms with Crippen LogP contribution in [0.25, 0.3) is 0 Å². The number of hydrogen-bond acceptors (Lipinski definition) is 4. The van der Waals surface area contributed by atoms with E-state index in [1.807, 2.05) is 47.4 Å². The minimum Gasteiger partial charge on any atom is -0.357 e. The third-order valence-corrected chi connectivity index (χ3v) is 6.74. The van der Waals surface area contributed by atoms with Gasteiger partial charge in [0.25, 0.3) is 0 Å². The number of rotatable bonds is 9.